The Kier molecular flexibility index (Phi) is 3.17. The third-order valence-electron chi connectivity index (χ3n) is 2.87. The fraction of sp³-hybridized carbons (Fsp3) is 0.462. The molecule has 1 N–H and O–H groups in total. The zero-order valence-electron chi connectivity index (χ0n) is 9.11. The van der Waals surface area contributed by atoms with Gasteiger partial charge in [0.2, 0.25) is 0 Å². The number of pyridine rings is 1. The van der Waals surface area contributed by atoms with Crippen molar-refractivity contribution in [3.8, 4) is 0 Å². The van der Waals surface area contributed by atoms with Gasteiger partial charge in [-0.3, -0.25) is 4.98 Å². The summed E-state index contributed by atoms with van der Waals surface area (Å²) in [7, 11) is 0. The topological polar surface area (TPSA) is 33.1 Å². The van der Waals surface area contributed by atoms with Crippen LogP contribution in [0.2, 0.25) is 0 Å². The Morgan fingerprint density at radius 1 is 1.33 bits per heavy atom. The van der Waals surface area contributed by atoms with Gasteiger partial charge in [0.15, 0.2) is 0 Å². The van der Waals surface area contributed by atoms with Crippen LogP contribution in [0.5, 0.6) is 0 Å². The predicted molar refractivity (Wildman–Crippen MR) is 60.5 cm³/mol. The molecule has 1 aliphatic carbocycles. The Morgan fingerprint density at radius 3 is 2.87 bits per heavy atom. The van der Waals surface area contributed by atoms with Gasteiger partial charge in [0.25, 0.3) is 0 Å². The second-order valence-corrected chi connectivity index (χ2v) is 4.13. The molecule has 2 heteroatoms. The number of nitrogens with zero attached hydrogens (tertiary/aromatic N) is 1. The first kappa shape index (κ1) is 10.4. The number of aryl methyl sites for hydroxylation is 1. The van der Waals surface area contributed by atoms with Crippen molar-refractivity contribution in [2.45, 2.75) is 38.7 Å². The number of rotatable bonds is 2. The highest BCUT2D eigenvalue weighted by atomic mass is 16.3. The van der Waals surface area contributed by atoms with E-state index in [1.165, 1.54) is 12.8 Å². The molecule has 2 nitrogen and oxygen atoms in total. The maximum absolute atomic E-state index is 10.1. The van der Waals surface area contributed by atoms with Crippen molar-refractivity contribution in [1.82, 2.24) is 4.98 Å². The Hall–Kier alpha value is -1.15. The summed E-state index contributed by atoms with van der Waals surface area (Å²) < 4.78 is 0. The van der Waals surface area contributed by atoms with Gasteiger partial charge in [-0.2, -0.15) is 0 Å². The zero-order chi connectivity index (χ0) is 10.7. The molecule has 80 valence electrons. The summed E-state index contributed by atoms with van der Waals surface area (Å²) in [6, 6.07) is 5.79. The molecule has 0 saturated carbocycles. The van der Waals surface area contributed by atoms with E-state index in [9.17, 15) is 5.11 Å². The van der Waals surface area contributed by atoms with Crippen LogP contribution in [0.4, 0.5) is 0 Å². The molecule has 0 aromatic carbocycles. The molecule has 0 spiro atoms. The molecule has 0 amide bonds. The zero-order valence-corrected chi connectivity index (χ0v) is 9.11. The molecular weight excluding hydrogens is 186 g/mol. The number of aliphatic hydroxyl groups is 1. The normalized spacial score (nSPS) is 18.4. The average molecular weight is 203 g/mol. The molecule has 1 aliphatic rings. The molecule has 1 aromatic rings. The lowest BCUT2D eigenvalue weighted by Gasteiger charge is -2.18. The Morgan fingerprint density at radius 2 is 2.20 bits per heavy atom. The molecule has 15 heavy (non-hydrogen) atoms. The molecule has 1 atom stereocenters. The quantitative estimate of drug-likeness (QED) is 0.750. The van der Waals surface area contributed by atoms with E-state index in [2.05, 4.69) is 11.1 Å². The highest BCUT2D eigenvalue weighted by Crippen LogP contribution is 2.28. The molecule has 0 radical (unpaired) electrons. The molecule has 0 saturated heterocycles. The van der Waals surface area contributed by atoms with Gasteiger partial charge in [-0.1, -0.05) is 12.1 Å². The molecular formula is C13H17NO. The SMILES string of the molecule is Cc1cccc(C(O)C2=CCCCC2)n1. The van der Waals surface area contributed by atoms with Gasteiger partial charge in [-0.15, -0.1) is 0 Å². The third-order valence-corrected chi connectivity index (χ3v) is 2.87. The minimum atomic E-state index is -0.495. The van der Waals surface area contributed by atoms with E-state index in [1.807, 2.05) is 25.1 Å². The Balaban J connectivity index is 2.19. The number of allylic oxidation sites excluding steroid dienone is 1. The first-order chi connectivity index (χ1) is 7.27. The van der Waals surface area contributed by atoms with Crippen LogP contribution >= 0.6 is 0 Å². The van der Waals surface area contributed by atoms with Crippen LogP contribution in [-0.2, 0) is 0 Å². The van der Waals surface area contributed by atoms with E-state index in [0.717, 1.165) is 29.8 Å². The van der Waals surface area contributed by atoms with Crippen molar-refractivity contribution < 1.29 is 5.11 Å². The summed E-state index contributed by atoms with van der Waals surface area (Å²) in [5.74, 6) is 0. The van der Waals surface area contributed by atoms with E-state index < -0.39 is 6.10 Å². The van der Waals surface area contributed by atoms with Gasteiger partial charge in [0.05, 0.1) is 5.69 Å². The molecule has 2 rings (SSSR count). The second-order valence-electron chi connectivity index (χ2n) is 4.13. The molecule has 1 aromatic heterocycles. The first-order valence-corrected chi connectivity index (χ1v) is 5.58. The smallest absolute Gasteiger partial charge is 0.117 e. The van der Waals surface area contributed by atoms with Crippen molar-refractivity contribution in [3.05, 3.63) is 41.2 Å². The summed E-state index contributed by atoms with van der Waals surface area (Å²) in [6.07, 6.45) is 6.21. The van der Waals surface area contributed by atoms with Crippen molar-refractivity contribution in [2.75, 3.05) is 0 Å². The van der Waals surface area contributed by atoms with Gasteiger partial charge >= 0.3 is 0 Å². The summed E-state index contributed by atoms with van der Waals surface area (Å²) >= 11 is 0. The van der Waals surface area contributed by atoms with Gasteiger partial charge in [-0.05, 0) is 50.3 Å². The maximum Gasteiger partial charge on any atom is 0.117 e. The number of hydrogen-bond donors (Lipinski definition) is 1. The summed E-state index contributed by atoms with van der Waals surface area (Å²) in [5, 5.41) is 10.1. The fourth-order valence-corrected chi connectivity index (χ4v) is 2.02. The highest BCUT2D eigenvalue weighted by Gasteiger charge is 2.16. The third kappa shape index (κ3) is 2.45. The minimum Gasteiger partial charge on any atom is -0.382 e. The van der Waals surface area contributed by atoms with Crippen molar-refractivity contribution in [3.63, 3.8) is 0 Å². The number of aliphatic hydroxyl groups excluding tert-OH is 1. The monoisotopic (exact) mass is 203 g/mol. The predicted octanol–water partition coefficient (Wildman–Crippen LogP) is 2.92. The number of hydrogen-bond acceptors (Lipinski definition) is 2. The molecule has 1 unspecified atom stereocenters. The van der Waals surface area contributed by atoms with Crippen molar-refractivity contribution in [2.24, 2.45) is 0 Å². The minimum absolute atomic E-state index is 0.495. The van der Waals surface area contributed by atoms with E-state index >= 15 is 0 Å². The standard InChI is InChI=1S/C13H17NO/c1-10-6-5-9-12(14-10)13(15)11-7-3-2-4-8-11/h5-7,9,13,15H,2-4,8H2,1H3. The van der Waals surface area contributed by atoms with Crippen molar-refractivity contribution >= 4 is 0 Å². The van der Waals surface area contributed by atoms with Crippen LogP contribution < -0.4 is 0 Å². The first-order valence-electron chi connectivity index (χ1n) is 5.58. The van der Waals surface area contributed by atoms with Crippen LogP contribution in [0, 0.1) is 6.92 Å². The molecule has 0 aliphatic heterocycles. The van der Waals surface area contributed by atoms with Crippen LogP contribution in [0.25, 0.3) is 0 Å². The van der Waals surface area contributed by atoms with Gasteiger partial charge in [0.1, 0.15) is 6.10 Å². The largest absolute Gasteiger partial charge is 0.382 e. The van der Waals surface area contributed by atoms with Crippen LogP contribution in [0.3, 0.4) is 0 Å². The molecule has 0 fully saturated rings. The Labute approximate surface area is 90.7 Å². The van der Waals surface area contributed by atoms with Gasteiger partial charge < -0.3 is 5.11 Å². The molecule has 0 bridgehead atoms. The summed E-state index contributed by atoms with van der Waals surface area (Å²) in [5.41, 5.74) is 2.88. The highest BCUT2D eigenvalue weighted by molar-refractivity contribution is 5.22. The van der Waals surface area contributed by atoms with Crippen molar-refractivity contribution in [1.29, 1.82) is 0 Å². The van der Waals surface area contributed by atoms with E-state index in [1.54, 1.807) is 0 Å². The van der Waals surface area contributed by atoms with Gasteiger partial charge in [-0.25, -0.2) is 0 Å². The van der Waals surface area contributed by atoms with E-state index in [4.69, 9.17) is 0 Å². The van der Waals surface area contributed by atoms with E-state index in [-0.39, 0.29) is 0 Å². The maximum atomic E-state index is 10.1. The van der Waals surface area contributed by atoms with Crippen LogP contribution in [0.1, 0.15) is 43.2 Å². The number of aromatic nitrogens is 1. The van der Waals surface area contributed by atoms with Crippen LogP contribution in [0.15, 0.2) is 29.8 Å². The average Bonchev–Trinajstić information content (AvgIpc) is 2.29. The fourth-order valence-electron chi connectivity index (χ4n) is 2.02. The van der Waals surface area contributed by atoms with E-state index in [0.29, 0.717) is 0 Å². The summed E-state index contributed by atoms with van der Waals surface area (Å²) in [6.45, 7) is 1.95. The lowest BCUT2D eigenvalue weighted by atomic mass is 9.94. The van der Waals surface area contributed by atoms with Crippen LogP contribution in [-0.4, -0.2) is 10.1 Å². The molecule has 1 heterocycles. The Bertz CT molecular complexity index is 371. The van der Waals surface area contributed by atoms with Gasteiger partial charge in [0, 0.05) is 5.69 Å². The second kappa shape index (κ2) is 4.58. The summed E-state index contributed by atoms with van der Waals surface area (Å²) in [4.78, 5) is 4.36. The lowest BCUT2D eigenvalue weighted by molar-refractivity contribution is 0.203. The lowest BCUT2D eigenvalue weighted by Crippen LogP contribution is -2.07.